The fourth-order valence-electron chi connectivity index (χ4n) is 1.26. The predicted molar refractivity (Wildman–Crippen MR) is 57.5 cm³/mol. The molecular formula is C10H18O3S. The van der Waals surface area contributed by atoms with Crippen LogP contribution in [0, 0.1) is 5.92 Å². The summed E-state index contributed by atoms with van der Waals surface area (Å²) in [6, 6.07) is 0. The van der Waals surface area contributed by atoms with Crippen LogP contribution >= 0.6 is 11.8 Å². The molecule has 3 atom stereocenters. The first-order valence-corrected chi connectivity index (χ1v) is 6.06. The SMILES string of the molecule is CC(O)C(C)SCC(=O)C1CCOC1. The molecule has 3 unspecified atom stereocenters. The number of rotatable bonds is 5. The summed E-state index contributed by atoms with van der Waals surface area (Å²) >= 11 is 1.52. The Bertz CT molecular complexity index is 188. The second kappa shape index (κ2) is 5.73. The van der Waals surface area contributed by atoms with Crippen LogP contribution in [0.2, 0.25) is 0 Å². The molecule has 1 heterocycles. The molecule has 1 aliphatic heterocycles. The van der Waals surface area contributed by atoms with Gasteiger partial charge in [0.05, 0.1) is 18.5 Å². The number of hydrogen-bond acceptors (Lipinski definition) is 4. The molecule has 0 aliphatic carbocycles. The molecule has 4 heteroatoms. The standard InChI is InChI=1S/C10H18O3S/c1-7(11)8(2)14-6-10(12)9-3-4-13-5-9/h7-9,11H,3-6H2,1-2H3. The van der Waals surface area contributed by atoms with Gasteiger partial charge in [0.15, 0.2) is 0 Å². The van der Waals surface area contributed by atoms with Gasteiger partial charge in [0.2, 0.25) is 0 Å². The highest BCUT2D eigenvalue weighted by atomic mass is 32.2. The van der Waals surface area contributed by atoms with Crippen LogP contribution in [0.3, 0.4) is 0 Å². The summed E-state index contributed by atoms with van der Waals surface area (Å²) < 4.78 is 5.15. The van der Waals surface area contributed by atoms with E-state index >= 15 is 0 Å². The third-order valence-corrected chi connectivity index (χ3v) is 3.92. The molecule has 82 valence electrons. The highest BCUT2D eigenvalue weighted by Crippen LogP contribution is 2.19. The average molecular weight is 218 g/mol. The Morgan fingerprint density at radius 3 is 2.86 bits per heavy atom. The van der Waals surface area contributed by atoms with E-state index < -0.39 is 0 Å². The minimum absolute atomic E-state index is 0.101. The van der Waals surface area contributed by atoms with Crippen molar-refractivity contribution >= 4 is 17.5 Å². The Kier molecular flexibility index (Phi) is 4.92. The molecular weight excluding hydrogens is 200 g/mol. The largest absolute Gasteiger partial charge is 0.392 e. The third-order valence-electron chi connectivity index (χ3n) is 2.55. The smallest absolute Gasteiger partial charge is 0.148 e. The van der Waals surface area contributed by atoms with Gasteiger partial charge in [-0.2, -0.15) is 0 Å². The summed E-state index contributed by atoms with van der Waals surface area (Å²) in [6.07, 6.45) is 0.509. The number of aliphatic hydroxyl groups excluding tert-OH is 1. The lowest BCUT2D eigenvalue weighted by molar-refractivity contribution is -0.120. The molecule has 14 heavy (non-hydrogen) atoms. The van der Waals surface area contributed by atoms with Gasteiger partial charge in [-0.1, -0.05) is 6.92 Å². The van der Waals surface area contributed by atoms with E-state index in [0.29, 0.717) is 19.0 Å². The molecule has 0 radical (unpaired) electrons. The van der Waals surface area contributed by atoms with Gasteiger partial charge in [-0.15, -0.1) is 11.8 Å². The summed E-state index contributed by atoms with van der Waals surface area (Å²) in [7, 11) is 0. The minimum Gasteiger partial charge on any atom is -0.392 e. The number of carbonyl (C=O) groups is 1. The Morgan fingerprint density at radius 2 is 2.36 bits per heavy atom. The molecule has 1 saturated heterocycles. The van der Waals surface area contributed by atoms with Crippen molar-refractivity contribution in [3.05, 3.63) is 0 Å². The molecule has 1 N–H and O–H groups in total. The van der Waals surface area contributed by atoms with Crippen LogP contribution in [-0.2, 0) is 9.53 Å². The van der Waals surface area contributed by atoms with E-state index in [4.69, 9.17) is 4.74 Å². The molecule has 0 aromatic rings. The van der Waals surface area contributed by atoms with Gasteiger partial charge in [0, 0.05) is 17.8 Å². The molecule has 0 amide bonds. The van der Waals surface area contributed by atoms with E-state index in [9.17, 15) is 9.90 Å². The number of ether oxygens (including phenoxy) is 1. The van der Waals surface area contributed by atoms with Crippen LogP contribution in [0.1, 0.15) is 20.3 Å². The highest BCUT2D eigenvalue weighted by Gasteiger charge is 2.24. The lowest BCUT2D eigenvalue weighted by Crippen LogP contribution is -2.21. The summed E-state index contributed by atoms with van der Waals surface area (Å²) in [5.74, 6) is 0.865. The van der Waals surface area contributed by atoms with Crippen molar-refractivity contribution in [2.24, 2.45) is 5.92 Å². The van der Waals surface area contributed by atoms with E-state index in [1.54, 1.807) is 6.92 Å². The number of aliphatic hydroxyl groups is 1. The van der Waals surface area contributed by atoms with Crippen molar-refractivity contribution in [3.63, 3.8) is 0 Å². The second-order valence-electron chi connectivity index (χ2n) is 3.78. The maximum absolute atomic E-state index is 11.6. The van der Waals surface area contributed by atoms with Crippen molar-refractivity contribution in [3.8, 4) is 0 Å². The molecule has 1 rings (SSSR count). The first kappa shape index (κ1) is 12.0. The summed E-state index contributed by atoms with van der Waals surface area (Å²) in [4.78, 5) is 11.6. The van der Waals surface area contributed by atoms with E-state index in [1.807, 2.05) is 6.92 Å². The third kappa shape index (κ3) is 3.59. The van der Waals surface area contributed by atoms with E-state index in [2.05, 4.69) is 0 Å². The van der Waals surface area contributed by atoms with Gasteiger partial charge >= 0.3 is 0 Å². The normalized spacial score (nSPS) is 26.1. The van der Waals surface area contributed by atoms with Crippen molar-refractivity contribution in [1.82, 2.24) is 0 Å². The van der Waals surface area contributed by atoms with Crippen LogP contribution in [0.15, 0.2) is 0 Å². The molecule has 1 fully saturated rings. The van der Waals surface area contributed by atoms with E-state index in [1.165, 1.54) is 11.8 Å². The molecule has 1 aliphatic rings. The minimum atomic E-state index is -0.354. The molecule has 0 spiro atoms. The Labute approximate surface area is 89.2 Å². The van der Waals surface area contributed by atoms with Crippen molar-refractivity contribution in [2.75, 3.05) is 19.0 Å². The van der Waals surface area contributed by atoms with Crippen molar-refractivity contribution in [2.45, 2.75) is 31.6 Å². The second-order valence-corrected chi connectivity index (χ2v) is 5.15. The fraction of sp³-hybridized carbons (Fsp3) is 0.900. The Balaban J connectivity index is 2.20. The summed E-state index contributed by atoms with van der Waals surface area (Å²) in [5.41, 5.74) is 0. The zero-order chi connectivity index (χ0) is 10.6. The van der Waals surface area contributed by atoms with Gasteiger partial charge in [-0.05, 0) is 13.3 Å². The number of Topliss-reactive ketones (excluding diaryl/α,β-unsaturated/α-hetero) is 1. The number of hydrogen-bond donors (Lipinski definition) is 1. The number of thioether (sulfide) groups is 1. The van der Waals surface area contributed by atoms with E-state index in [-0.39, 0.29) is 23.1 Å². The fourth-order valence-corrected chi connectivity index (χ4v) is 2.20. The molecule has 3 nitrogen and oxygen atoms in total. The monoisotopic (exact) mass is 218 g/mol. The number of carbonyl (C=O) groups excluding carboxylic acids is 1. The van der Waals surface area contributed by atoms with Crippen LogP contribution in [0.25, 0.3) is 0 Å². The van der Waals surface area contributed by atoms with Gasteiger partial charge in [-0.25, -0.2) is 0 Å². The van der Waals surface area contributed by atoms with Crippen LogP contribution < -0.4 is 0 Å². The number of ketones is 1. The molecule has 0 aromatic heterocycles. The maximum atomic E-state index is 11.6. The summed E-state index contributed by atoms with van der Waals surface area (Å²) in [6.45, 7) is 4.99. The van der Waals surface area contributed by atoms with Crippen LogP contribution in [0.5, 0.6) is 0 Å². The van der Waals surface area contributed by atoms with Gasteiger partial charge in [-0.3, -0.25) is 4.79 Å². The Hall–Kier alpha value is -0.0600. The van der Waals surface area contributed by atoms with Crippen LogP contribution in [0.4, 0.5) is 0 Å². The topological polar surface area (TPSA) is 46.5 Å². The zero-order valence-corrected chi connectivity index (χ0v) is 9.55. The molecule has 0 bridgehead atoms. The first-order chi connectivity index (χ1) is 6.61. The van der Waals surface area contributed by atoms with Crippen molar-refractivity contribution < 1.29 is 14.6 Å². The van der Waals surface area contributed by atoms with Crippen LogP contribution in [-0.4, -0.2) is 41.2 Å². The Morgan fingerprint density at radius 1 is 1.64 bits per heavy atom. The molecule has 0 aromatic carbocycles. The average Bonchev–Trinajstić information content (AvgIpc) is 2.66. The van der Waals surface area contributed by atoms with E-state index in [0.717, 1.165) is 6.42 Å². The zero-order valence-electron chi connectivity index (χ0n) is 8.73. The molecule has 0 saturated carbocycles. The highest BCUT2D eigenvalue weighted by molar-refractivity contribution is 8.00. The lowest BCUT2D eigenvalue weighted by Gasteiger charge is -2.14. The first-order valence-electron chi connectivity index (χ1n) is 5.01. The summed E-state index contributed by atoms with van der Waals surface area (Å²) in [5, 5.41) is 9.37. The van der Waals surface area contributed by atoms with Crippen molar-refractivity contribution in [1.29, 1.82) is 0 Å². The van der Waals surface area contributed by atoms with Gasteiger partial charge < -0.3 is 9.84 Å². The van der Waals surface area contributed by atoms with Gasteiger partial charge in [0.25, 0.3) is 0 Å². The predicted octanol–water partition coefficient (Wildman–Crippen LogP) is 1.09. The van der Waals surface area contributed by atoms with Gasteiger partial charge in [0.1, 0.15) is 5.78 Å². The quantitative estimate of drug-likeness (QED) is 0.750. The maximum Gasteiger partial charge on any atom is 0.148 e. The lowest BCUT2D eigenvalue weighted by atomic mass is 10.1.